The third kappa shape index (κ3) is 2.33. The lowest BCUT2D eigenvalue weighted by Crippen LogP contribution is -2.44. The first-order valence-electron chi connectivity index (χ1n) is 3.88. The van der Waals surface area contributed by atoms with Gasteiger partial charge in [0.2, 0.25) is 0 Å². The summed E-state index contributed by atoms with van der Waals surface area (Å²) in [6.45, 7) is 5.99. The minimum atomic E-state index is 0. The summed E-state index contributed by atoms with van der Waals surface area (Å²) in [4.78, 5) is 4.24. The first-order valence-corrected chi connectivity index (χ1v) is 3.88. The SMILES string of the molecule is Cc1nc(C)n(C2CNC2)n1.Cl.Cl. The molecule has 0 aliphatic carbocycles. The minimum Gasteiger partial charge on any atom is -0.312 e. The van der Waals surface area contributed by atoms with Crippen LogP contribution in [-0.4, -0.2) is 27.9 Å². The van der Waals surface area contributed by atoms with Crippen molar-refractivity contribution in [2.45, 2.75) is 19.9 Å². The lowest BCUT2D eigenvalue weighted by atomic mass is 10.2. The van der Waals surface area contributed by atoms with Gasteiger partial charge in [-0.05, 0) is 13.8 Å². The first kappa shape index (κ1) is 12.7. The number of hydrogen-bond donors (Lipinski definition) is 1. The first-order chi connectivity index (χ1) is 5.27. The monoisotopic (exact) mass is 224 g/mol. The third-order valence-electron chi connectivity index (χ3n) is 2.01. The second-order valence-electron chi connectivity index (χ2n) is 2.96. The largest absolute Gasteiger partial charge is 0.312 e. The van der Waals surface area contributed by atoms with Gasteiger partial charge >= 0.3 is 0 Å². The standard InChI is InChI=1S/C7H12N4.2ClH/c1-5-9-6(2)11(10-5)7-3-8-4-7;;/h7-8H,3-4H2,1-2H3;2*1H. The van der Waals surface area contributed by atoms with Gasteiger partial charge in [0, 0.05) is 13.1 Å². The van der Waals surface area contributed by atoms with Crippen LogP contribution < -0.4 is 5.32 Å². The highest BCUT2D eigenvalue weighted by molar-refractivity contribution is 5.85. The van der Waals surface area contributed by atoms with E-state index in [-0.39, 0.29) is 24.8 Å². The summed E-state index contributed by atoms with van der Waals surface area (Å²) in [5.41, 5.74) is 0. The summed E-state index contributed by atoms with van der Waals surface area (Å²) >= 11 is 0. The zero-order valence-electron chi connectivity index (χ0n) is 7.65. The molecule has 0 amide bonds. The fourth-order valence-electron chi connectivity index (χ4n) is 1.33. The Balaban J connectivity index is 0.000000720. The van der Waals surface area contributed by atoms with Crippen LogP contribution in [0.5, 0.6) is 0 Å². The van der Waals surface area contributed by atoms with Gasteiger partial charge in [-0.15, -0.1) is 24.8 Å². The molecule has 1 aromatic heterocycles. The van der Waals surface area contributed by atoms with E-state index in [4.69, 9.17) is 0 Å². The van der Waals surface area contributed by atoms with Gasteiger partial charge < -0.3 is 5.32 Å². The highest BCUT2D eigenvalue weighted by atomic mass is 35.5. The van der Waals surface area contributed by atoms with E-state index in [9.17, 15) is 0 Å². The van der Waals surface area contributed by atoms with Crippen molar-refractivity contribution in [1.82, 2.24) is 20.1 Å². The molecule has 0 unspecified atom stereocenters. The molecule has 1 fully saturated rings. The minimum absolute atomic E-state index is 0. The molecule has 4 nitrogen and oxygen atoms in total. The van der Waals surface area contributed by atoms with Crippen molar-refractivity contribution in [2.75, 3.05) is 13.1 Å². The predicted octanol–water partition coefficient (Wildman–Crippen LogP) is 0.883. The number of aryl methyl sites for hydroxylation is 2. The van der Waals surface area contributed by atoms with Crippen molar-refractivity contribution in [3.63, 3.8) is 0 Å². The van der Waals surface area contributed by atoms with Gasteiger partial charge in [0.15, 0.2) is 0 Å². The Bertz CT molecular complexity index is 269. The maximum absolute atomic E-state index is 4.30. The molecule has 1 N–H and O–H groups in total. The molecule has 0 bridgehead atoms. The molecule has 0 atom stereocenters. The fourth-order valence-corrected chi connectivity index (χ4v) is 1.33. The molecule has 2 heterocycles. The van der Waals surface area contributed by atoms with E-state index in [1.807, 2.05) is 18.5 Å². The van der Waals surface area contributed by atoms with Crippen LogP contribution in [-0.2, 0) is 0 Å². The topological polar surface area (TPSA) is 42.7 Å². The summed E-state index contributed by atoms with van der Waals surface area (Å²) in [5, 5.41) is 7.51. The van der Waals surface area contributed by atoms with Crippen molar-refractivity contribution in [1.29, 1.82) is 0 Å². The molecular weight excluding hydrogens is 211 g/mol. The predicted molar refractivity (Wildman–Crippen MR) is 55.9 cm³/mol. The molecule has 1 aliphatic heterocycles. The van der Waals surface area contributed by atoms with Crippen LogP contribution in [0.2, 0.25) is 0 Å². The van der Waals surface area contributed by atoms with Gasteiger partial charge in [0.05, 0.1) is 6.04 Å². The van der Waals surface area contributed by atoms with Crippen LogP contribution in [0.1, 0.15) is 17.7 Å². The summed E-state index contributed by atoms with van der Waals surface area (Å²) < 4.78 is 2.01. The van der Waals surface area contributed by atoms with E-state index in [0.29, 0.717) is 6.04 Å². The van der Waals surface area contributed by atoms with Crippen LogP contribution in [0.15, 0.2) is 0 Å². The van der Waals surface area contributed by atoms with Crippen molar-refractivity contribution in [3.05, 3.63) is 11.6 Å². The average Bonchev–Trinajstić information content (AvgIpc) is 2.07. The molecule has 6 heteroatoms. The fraction of sp³-hybridized carbons (Fsp3) is 0.714. The maximum atomic E-state index is 4.30. The Morgan fingerprint density at radius 1 is 1.31 bits per heavy atom. The zero-order chi connectivity index (χ0) is 7.84. The van der Waals surface area contributed by atoms with Crippen molar-refractivity contribution >= 4 is 24.8 Å². The van der Waals surface area contributed by atoms with Gasteiger partial charge in [-0.2, -0.15) is 5.10 Å². The number of nitrogens with one attached hydrogen (secondary N) is 1. The molecule has 0 saturated carbocycles. The van der Waals surface area contributed by atoms with E-state index in [1.54, 1.807) is 0 Å². The Morgan fingerprint density at radius 2 is 1.92 bits per heavy atom. The third-order valence-corrected chi connectivity index (χ3v) is 2.01. The number of rotatable bonds is 1. The number of aromatic nitrogens is 3. The molecule has 13 heavy (non-hydrogen) atoms. The van der Waals surface area contributed by atoms with Crippen LogP contribution >= 0.6 is 24.8 Å². The second-order valence-corrected chi connectivity index (χ2v) is 2.96. The van der Waals surface area contributed by atoms with Crippen LogP contribution in [0.3, 0.4) is 0 Å². The van der Waals surface area contributed by atoms with Crippen molar-refractivity contribution < 1.29 is 0 Å². The quantitative estimate of drug-likeness (QED) is 0.771. The molecule has 1 aliphatic rings. The molecule has 0 spiro atoms. The average molecular weight is 225 g/mol. The van der Waals surface area contributed by atoms with Crippen LogP contribution in [0.4, 0.5) is 0 Å². The molecule has 76 valence electrons. The molecule has 1 saturated heterocycles. The maximum Gasteiger partial charge on any atom is 0.147 e. The summed E-state index contributed by atoms with van der Waals surface area (Å²) in [5.74, 6) is 1.89. The van der Waals surface area contributed by atoms with Crippen molar-refractivity contribution in [3.8, 4) is 0 Å². The number of nitrogens with zero attached hydrogens (tertiary/aromatic N) is 3. The van der Waals surface area contributed by atoms with Gasteiger partial charge in [-0.1, -0.05) is 0 Å². The Hall–Kier alpha value is -0.320. The molecule has 1 aromatic rings. The van der Waals surface area contributed by atoms with Gasteiger partial charge in [-0.25, -0.2) is 9.67 Å². The summed E-state index contributed by atoms with van der Waals surface area (Å²) in [7, 11) is 0. The van der Waals surface area contributed by atoms with E-state index in [0.717, 1.165) is 24.7 Å². The number of halogens is 2. The normalized spacial score (nSPS) is 15.5. The molecule has 0 aromatic carbocycles. The Labute approximate surface area is 89.9 Å². The van der Waals surface area contributed by atoms with E-state index < -0.39 is 0 Å². The highest BCUT2D eigenvalue weighted by Crippen LogP contribution is 2.11. The number of hydrogen-bond acceptors (Lipinski definition) is 3. The van der Waals surface area contributed by atoms with E-state index in [1.165, 1.54) is 0 Å². The van der Waals surface area contributed by atoms with E-state index >= 15 is 0 Å². The van der Waals surface area contributed by atoms with Gasteiger partial charge in [0.25, 0.3) is 0 Å². The second kappa shape index (κ2) is 4.79. The lowest BCUT2D eigenvalue weighted by molar-refractivity contribution is 0.311. The van der Waals surface area contributed by atoms with E-state index in [2.05, 4.69) is 15.4 Å². The lowest BCUT2D eigenvalue weighted by Gasteiger charge is -2.27. The Kier molecular flexibility index (Phi) is 4.67. The molecular formula is C7H14Cl2N4. The van der Waals surface area contributed by atoms with Crippen molar-refractivity contribution in [2.24, 2.45) is 0 Å². The highest BCUT2D eigenvalue weighted by Gasteiger charge is 2.21. The summed E-state index contributed by atoms with van der Waals surface area (Å²) in [6.07, 6.45) is 0. The Morgan fingerprint density at radius 3 is 2.23 bits per heavy atom. The van der Waals surface area contributed by atoms with Crippen LogP contribution in [0.25, 0.3) is 0 Å². The molecule has 2 rings (SSSR count). The van der Waals surface area contributed by atoms with Gasteiger partial charge in [-0.3, -0.25) is 0 Å². The summed E-state index contributed by atoms with van der Waals surface area (Å²) in [6, 6.07) is 0.538. The van der Waals surface area contributed by atoms with Crippen LogP contribution in [0, 0.1) is 13.8 Å². The van der Waals surface area contributed by atoms with Gasteiger partial charge in [0.1, 0.15) is 11.6 Å². The smallest absolute Gasteiger partial charge is 0.147 e. The zero-order valence-corrected chi connectivity index (χ0v) is 9.28. The molecule has 0 radical (unpaired) electrons.